The minimum absolute atomic E-state index is 0.123. The van der Waals surface area contributed by atoms with Gasteiger partial charge >= 0.3 is 6.18 Å². The molecule has 0 spiro atoms. The molecule has 7 nitrogen and oxygen atoms in total. The maximum absolute atomic E-state index is 14.2. The molecule has 1 unspecified atom stereocenters. The topological polar surface area (TPSA) is 110 Å². The van der Waals surface area contributed by atoms with Crippen LogP contribution in [0, 0.1) is 17.1 Å². The molecule has 1 atom stereocenters. The maximum Gasteiger partial charge on any atom is 0.435 e. The van der Waals surface area contributed by atoms with Crippen LogP contribution in [0.4, 0.5) is 17.6 Å². The summed E-state index contributed by atoms with van der Waals surface area (Å²) in [6, 6.07) is 7.01. The van der Waals surface area contributed by atoms with E-state index in [1.807, 2.05) is 0 Å². The number of rotatable bonds is 3. The van der Waals surface area contributed by atoms with Crippen LogP contribution in [0.1, 0.15) is 33.5 Å². The van der Waals surface area contributed by atoms with Gasteiger partial charge in [0.05, 0.1) is 39.0 Å². The third-order valence-corrected chi connectivity index (χ3v) is 5.91. The summed E-state index contributed by atoms with van der Waals surface area (Å²) < 4.78 is 60.6. The molecular weight excluding hydrogens is 580 g/mol. The van der Waals surface area contributed by atoms with E-state index in [0.717, 1.165) is 12.1 Å². The first-order valence-electron chi connectivity index (χ1n) is 8.87. The van der Waals surface area contributed by atoms with Crippen molar-refractivity contribution < 1.29 is 31.9 Å². The van der Waals surface area contributed by atoms with Gasteiger partial charge in [-0.1, -0.05) is 11.2 Å². The number of nitriles is 1. The molecule has 1 amide bonds. The fraction of sp³-hybridized carbons (Fsp3) is 0.200. The van der Waals surface area contributed by atoms with E-state index in [4.69, 9.17) is 10.6 Å². The van der Waals surface area contributed by atoms with Crippen LogP contribution in [0.15, 0.2) is 49.4 Å². The Morgan fingerprint density at radius 3 is 2.48 bits per heavy atom. The minimum Gasteiger partial charge on any atom is -0.468 e. The molecule has 0 aliphatic carbocycles. The summed E-state index contributed by atoms with van der Waals surface area (Å²) in [5.41, 5.74) is 1.77. The van der Waals surface area contributed by atoms with Gasteiger partial charge in [0.25, 0.3) is 17.5 Å². The number of oxime groups is 1. The Morgan fingerprint density at radius 1 is 1.30 bits per heavy atom. The van der Waals surface area contributed by atoms with Crippen LogP contribution >= 0.6 is 31.9 Å². The fourth-order valence-corrected chi connectivity index (χ4v) is 4.24. The zero-order chi connectivity index (χ0) is 24.6. The highest BCUT2D eigenvalue weighted by molar-refractivity contribution is 9.11. The average Bonchev–Trinajstić information content (AvgIpc) is 3.23. The molecule has 0 bridgehead atoms. The number of carbonyl (C=O) groups excluding carboxylic acids is 1. The molecule has 3 rings (SSSR count). The zero-order valence-electron chi connectivity index (χ0n) is 16.5. The van der Waals surface area contributed by atoms with E-state index in [2.05, 4.69) is 46.7 Å². The first kappa shape index (κ1) is 24.7. The van der Waals surface area contributed by atoms with Crippen molar-refractivity contribution in [2.24, 2.45) is 15.9 Å². The molecule has 13 heteroatoms. The highest BCUT2D eigenvalue weighted by Gasteiger charge is 2.62. The molecule has 0 fully saturated rings. The van der Waals surface area contributed by atoms with Gasteiger partial charge in [0.1, 0.15) is 0 Å². The van der Waals surface area contributed by atoms with Crippen LogP contribution in [0.2, 0.25) is 0 Å². The third-order valence-electron chi connectivity index (χ3n) is 4.76. The number of ether oxygens (including phenoxy) is 1. The molecule has 2 aromatic carbocycles. The standard InChI is InChI=1S/C20H12Br2F4N4O3/c1-32-18(28)29-17(31)12-3-2-9(4-10(12)8-27)15-7-19(33-30-15,20(24,25)26)11-5-13(21)16(23)14(22)6-11/h2-6H,7H2,1H3,(H2,28,29,31). The lowest BCUT2D eigenvalue weighted by molar-refractivity contribution is -0.275. The number of amidine groups is 1. The number of benzene rings is 2. The van der Waals surface area contributed by atoms with Crippen molar-refractivity contribution in [3.8, 4) is 6.07 Å². The summed E-state index contributed by atoms with van der Waals surface area (Å²) in [7, 11) is 1.20. The smallest absolute Gasteiger partial charge is 0.435 e. The molecular formula is C20H12Br2F4N4O3. The normalized spacial score (nSPS) is 18.4. The van der Waals surface area contributed by atoms with Crippen LogP contribution in [0.5, 0.6) is 0 Å². The Morgan fingerprint density at radius 2 is 1.94 bits per heavy atom. The van der Waals surface area contributed by atoms with Gasteiger partial charge in [-0.15, -0.1) is 0 Å². The highest BCUT2D eigenvalue weighted by Crippen LogP contribution is 2.50. The van der Waals surface area contributed by atoms with E-state index >= 15 is 0 Å². The lowest BCUT2D eigenvalue weighted by Gasteiger charge is -2.29. The zero-order valence-corrected chi connectivity index (χ0v) is 19.7. The van der Waals surface area contributed by atoms with Crippen molar-refractivity contribution in [2.75, 3.05) is 7.11 Å². The van der Waals surface area contributed by atoms with E-state index < -0.39 is 35.9 Å². The molecule has 172 valence electrons. The van der Waals surface area contributed by atoms with Crippen LogP contribution in [0.25, 0.3) is 0 Å². The Bertz CT molecular complexity index is 1220. The number of amides is 1. The monoisotopic (exact) mass is 590 g/mol. The van der Waals surface area contributed by atoms with Crippen LogP contribution < -0.4 is 5.73 Å². The number of nitrogens with two attached hydrogens (primary N) is 1. The average molecular weight is 592 g/mol. The molecule has 0 aromatic heterocycles. The Hall–Kier alpha value is -2.98. The largest absolute Gasteiger partial charge is 0.468 e. The number of hydrogen-bond acceptors (Lipinski definition) is 5. The first-order valence-corrected chi connectivity index (χ1v) is 10.5. The quantitative estimate of drug-likeness (QED) is 0.236. The summed E-state index contributed by atoms with van der Waals surface area (Å²) in [6.45, 7) is 0. The van der Waals surface area contributed by atoms with Gasteiger partial charge in [-0.25, -0.2) is 4.39 Å². The van der Waals surface area contributed by atoms with Crippen LogP contribution in [0.3, 0.4) is 0 Å². The number of hydrogen-bond donors (Lipinski definition) is 1. The van der Waals surface area contributed by atoms with Crippen molar-refractivity contribution >= 4 is 49.5 Å². The molecule has 2 aromatic rings. The van der Waals surface area contributed by atoms with Gasteiger partial charge in [-0.3, -0.25) is 4.79 Å². The molecule has 0 saturated heterocycles. The van der Waals surface area contributed by atoms with E-state index in [0.29, 0.717) is 0 Å². The summed E-state index contributed by atoms with van der Waals surface area (Å²) >= 11 is 5.79. The van der Waals surface area contributed by atoms with Gasteiger partial charge in [0, 0.05) is 17.5 Å². The number of nitrogens with zero attached hydrogens (tertiary/aromatic N) is 3. The Kier molecular flexibility index (Phi) is 6.80. The second-order valence-corrected chi connectivity index (χ2v) is 8.42. The van der Waals surface area contributed by atoms with Gasteiger partial charge < -0.3 is 15.3 Å². The van der Waals surface area contributed by atoms with Crippen LogP contribution in [-0.4, -0.2) is 30.9 Å². The molecule has 2 N–H and O–H groups in total. The van der Waals surface area contributed by atoms with Gasteiger partial charge in [0.2, 0.25) is 0 Å². The van der Waals surface area contributed by atoms with E-state index in [1.165, 1.54) is 25.3 Å². The Labute approximate surface area is 201 Å². The molecule has 33 heavy (non-hydrogen) atoms. The van der Waals surface area contributed by atoms with Crippen molar-refractivity contribution in [1.29, 1.82) is 5.26 Å². The predicted octanol–water partition coefficient (Wildman–Crippen LogP) is 4.91. The number of aliphatic imine (C=N–C) groups is 1. The Balaban J connectivity index is 2.02. The lowest BCUT2D eigenvalue weighted by atomic mass is 9.86. The number of methoxy groups -OCH3 is 1. The van der Waals surface area contributed by atoms with Crippen molar-refractivity contribution in [3.63, 3.8) is 0 Å². The SMILES string of the molecule is COC(N)=NC(=O)c1ccc(C2=NOC(c3cc(Br)c(F)c(Br)c3)(C(F)(F)F)C2)cc1C#N. The van der Waals surface area contributed by atoms with Crippen molar-refractivity contribution in [2.45, 2.75) is 18.2 Å². The number of carbonyl (C=O) groups is 1. The third kappa shape index (κ3) is 4.58. The summed E-state index contributed by atoms with van der Waals surface area (Å²) in [5, 5.41) is 13.0. The van der Waals surface area contributed by atoms with E-state index in [1.54, 1.807) is 6.07 Å². The summed E-state index contributed by atoms with van der Waals surface area (Å²) in [4.78, 5) is 20.6. The predicted molar refractivity (Wildman–Crippen MR) is 116 cm³/mol. The van der Waals surface area contributed by atoms with Crippen LogP contribution in [-0.2, 0) is 15.2 Å². The van der Waals surface area contributed by atoms with E-state index in [9.17, 15) is 27.6 Å². The number of alkyl halides is 3. The lowest BCUT2D eigenvalue weighted by Crippen LogP contribution is -2.42. The fourth-order valence-electron chi connectivity index (χ4n) is 3.06. The van der Waals surface area contributed by atoms with Gasteiger partial charge in [-0.05, 0) is 56.1 Å². The molecule has 1 aliphatic heterocycles. The molecule has 1 heterocycles. The summed E-state index contributed by atoms with van der Waals surface area (Å²) in [6.07, 6.45) is -5.68. The highest BCUT2D eigenvalue weighted by atomic mass is 79.9. The first-order chi connectivity index (χ1) is 15.4. The van der Waals surface area contributed by atoms with Gasteiger partial charge in [-0.2, -0.15) is 23.4 Å². The minimum atomic E-state index is -4.92. The molecule has 0 radical (unpaired) electrons. The number of halogens is 6. The second-order valence-electron chi connectivity index (χ2n) is 6.72. The van der Waals surface area contributed by atoms with Gasteiger partial charge in [0.15, 0.2) is 5.82 Å². The second kappa shape index (κ2) is 9.11. The van der Waals surface area contributed by atoms with Crippen molar-refractivity contribution in [3.05, 3.63) is 67.3 Å². The maximum atomic E-state index is 14.2. The summed E-state index contributed by atoms with van der Waals surface area (Å²) in [5.74, 6) is -1.64. The molecule has 1 aliphatic rings. The van der Waals surface area contributed by atoms with Crippen molar-refractivity contribution in [1.82, 2.24) is 0 Å². The van der Waals surface area contributed by atoms with E-state index in [-0.39, 0.29) is 36.9 Å². The molecule has 0 saturated carbocycles.